The molecule has 0 aliphatic carbocycles. The first-order valence-corrected chi connectivity index (χ1v) is 5.72. The van der Waals surface area contributed by atoms with E-state index in [0.717, 1.165) is 17.0 Å². The minimum absolute atomic E-state index is 0.237. The van der Waals surface area contributed by atoms with E-state index < -0.39 is 12.7 Å². The van der Waals surface area contributed by atoms with E-state index >= 15 is 0 Å². The molecule has 1 aromatic heterocycles. The molecule has 0 spiro atoms. The van der Waals surface area contributed by atoms with Crippen LogP contribution in [0.15, 0.2) is 0 Å². The van der Waals surface area contributed by atoms with Crippen molar-refractivity contribution < 1.29 is 13.2 Å². The summed E-state index contributed by atoms with van der Waals surface area (Å²) < 4.78 is 37.0. The number of nitrogens with one attached hydrogen (secondary N) is 1. The summed E-state index contributed by atoms with van der Waals surface area (Å²) in [4.78, 5) is 1.43. The number of aromatic nitrogens is 2. The smallest absolute Gasteiger partial charge is 0.290 e. The summed E-state index contributed by atoms with van der Waals surface area (Å²) >= 11 is 0. The first-order chi connectivity index (χ1) is 7.87. The molecule has 17 heavy (non-hydrogen) atoms. The van der Waals surface area contributed by atoms with Crippen LogP contribution < -0.4 is 0 Å². The first kappa shape index (κ1) is 12.4. The molecule has 0 saturated carbocycles. The van der Waals surface area contributed by atoms with E-state index in [-0.39, 0.29) is 5.92 Å². The highest BCUT2D eigenvalue weighted by Crippen LogP contribution is 2.27. The van der Waals surface area contributed by atoms with Gasteiger partial charge in [-0.25, -0.2) is 0 Å². The number of fused-ring (bicyclic) bond motifs is 1. The van der Waals surface area contributed by atoms with Crippen molar-refractivity contribution in [3.63, 3.8) is 0 Å². The van der Waals surface area contributed by atoms with Crippen LogP contribution in [0.5, 0.6) is 0 Å². The standard InChI is InChI=1S/C11H16F3N3/c1-7(2)10-8-5-17(6-11(12,13)14)4-3-9(8)15-16-10/h7H,3-6H2,1-2H3,(H,15,16). The zero-order valence-electron chi connectivity index (χ0n) is 9.93. The maximum atomic E-state index is 12.3. The maximum absolute atomic E-state index is 12.3. The lowest BCUT2D eigenvalue weighted by Gasteiger charge is -2.28. The molecule has 0 saturated heterocycles. The van der Waals surface area contributed by atoms with Gasteiger partial charge in [-0.3, -0.25) is 10.00 Å². The van der Waals surface area contributed by atoms with Crippen molar-refractivity contribution in [3.05, 3.63) is 17.0 Å². The van der Waals surface area contributed by atoms with Gasteiger partial charge in [-0.1, -0.05) is 13.8 Å². The van der Waals surface area contributed by atoms with Crippen LogP contribution in [0.4, 0.5) is 13.2 Å². The Morgan fingerprint density at radius 2 is 2.12 bits per heavy atom. The van der Waals surface area contributed by atoms with Crippen molar-refractivity contribution >= 4 is 0 Å². The third-order valence-corrected chi connectivity index (χ3v) is 2.99. The van der Waals surface area contributed by atoms with Gasteiger partial charge in [0.05, 0.1) is 12.2 Å². The van der Waals surface area contributed by atoms with Gasteiger partial charge in [0.1, 0.15) is 0 Å². The molecule has 6 heteroatoms. The van der Waals surface area contributed by atoms with E-state index in [1.54, 1.807) is 0 Å². The predicted molar refractivity (Wildman–Crippen MR) is 57.7 cm³/mol. The van der Waals surface area contributed by atoms with E-state index in [4.69, 9.17) is 0 Å². The van der Waals surface area contributed by atoms with Crippen LogP contribution in [0.2, 0.25) is 0 Å². The number of alkyl halides is 3. The van der Waals surface area contributed by atoms with Gasteiger partial charge in [0.25, 0.3) is 0 Å². The summed E-state index contributed by atoms with van der Waals surface area (Å²) in [6.07, 6.45) is -3.51. The Kier molecular flexibility index (Phi) is 3.16. The number of hydrogen-bond acceptors (Lipinski definition) is 2. The van der Waals surface area contributed by atoms with E-state index in [0.29, 0.717) is 19.5 Å². The van der Waals surface area contributed by atoms with Gasteiger partial charge in [0.15, 0.2) is 0 Å². The summed E-state index contributed by atoms with van der Waals surface area (Å²) in [5.41, 5.74) is 2.84. The highest BCUT2D eigenvalue weighted by atomic mass is 19.4. The molecule has 1 aromatic rings. The largest absolute Gasteiger partial charge is 0.401 e. The molecular formula is C11H16F3N3. The molecule has 0 radical (unpaired) electrons. The highest BCUT2D eigenvalue weighted by molar-refractivity contribution is 5.29. The van der Waals surface area contributed by atoms with Crippen molar-refractivity contribution in [2.24, 2.45) is 0 Å². The first-order valence-electron chi connectivity index (χ1n) is 5.72. The summed E-state index contributed by atoms with van der Waals surface area (Å²) in [7, 11) is 0. The molecule has 1 aliphatic heterocycles. The Balaban J connectivity index is 2.14. The van der Waals surface area contributed by atoms with Gasteiger partial charge in [0.2, 0.25) is 0 Å². The number of aromatic amines is 1. The number of H-pyrrole nitrogens is 1. The molecule has 96 valence electrons. The van der Waals surface area contributed by atoms with Gasteiger partial charge in [-0.2, -0.15) is 18.3 Å². The second kappa shape index (κ2) is 4.33. The molecule has 0 fully saturated rings. The Morgan fingerprint density at radius 3 is 2.71 bits per heavy atom. The van der Waals surface area contributed by atoms with Crippen LogP contribution in [0.25, 0.3) is 0 Å². The number of rotatable bonds is 2. The Labute approximate surface area is 98.0 Å². The lowest BCUT2D eigenvalue weighted by Crippen LogP contribution is -2.38. The molecular weight excluding hydrogens is 231 g/mol. The van der Waals surface area contributed by atoms with Crippen LogP contribution in [-0.4, -0.2) is 34.4 Å². The summed E-state index contributed by atoms with van der Waals surface area (Å²) in [5, 5.41) is 7.13. The zero-order chi connectivity index (χ0) is 12.6. The van der Waals surface area contributed by atoms with Gasteiger partial charge in [-0.15, -0.1) is 0 Å². The van der Waals surface area contributed by atoms with Crippen LogP contribution in [-0.2, 0) is 13.0 Å². The Morgan fingerprint density at radius 1 is 1.41 bits per heavy atom. The van der Waals surface area contributed by atoms with Gasteiger partial charge >= 0.3 is 6.18 Å². The van der Waals surface area contributed by atoms with E-state index in [1.165, 1.54) is 4.90 Å². The fourth-order valence-electron chi connectivity index (χ4n) is 2.24. The summed E-state index contributed by atoms with van der Waals surface area (Å²) in [6.45, 7) is 3.94. The fourth-order valence-corrected chi connectivity index (χ4v) is 2.24. The van der Waals surface area contributed by atoms with Crippen LogP contribution in [0.3, 0.4) is 0 Å². The molecule has 0 unspecified atom stereocenters. The van der Waals surface area contributed by atoms with Gasteiger partial charge in [0, 0.05) is 30.8 Å². The molecule has 3 nitrogen and oxygen atoms in total. The third kappa shape index (κ3) is 2.80. The van der Waals surface area contributed by atoms with E-state index in [9.17, 15) is 13.2 Å². The lowest BCUT2D eigenvalue weighted by atomic mass is 9.99. The maximum Gasteiger partial charge on any atom is 0.401 e. The number of nitrogens with zero attached hydrogens (tertiary/aromatic N) is 2. The third-order valence-electron chi connectivity index (χ3n) is 2.99. The minimum atomic E-state index is -4.13. The number of hydrogen-bond donors (Lipinski definition) is 1. The minimum Gasteiger partial charge on any atom is -0.290 e. The summed E-state index contributed by atoms with van der Waals surface area (Å²) in [5.74, 6) is 0.237. The van der Waals surface area contributed by atoms with Crippen molar-refractivity contribution in [1.82, 2.24) is 15.1 Å². The molecule has 1 N–H and O–H groups in total. The van der Waals surface area contributed by atoms with E-state index in [2.05, 4.69) is 10.2 Å². The van der Waals surface area contributed by atoms with Crippen molar-refractivity contribution in [1.29, 1.82) is 0 Å². The molecule has 1 aliphatic rings. The molecule has 2 heterocycles. The highest BCUT2D eigenvalue weighted by Gasteiger charge is 2.33. The normalized spacial score (nSPS) is 17.5. The Hall–Kier alpha value is -1.04. The molecule has 0 amide bonds. The van der Waals surface area contributed by atoms with Crippen LogP contribution in [0, 0.1) is 0 Å². The quantitative estimate of drug-likeness (QED) is 0.870. The van der Waals surface area contributed by atoms with Crippen LogP contribution >= 0.6 is 0 Å². The van der Waals surface area contributed by atoms with Crippen molar-refractivity contribution in [3.8, 4) is 0 Å². The monoisotopic (exact) mass is 247 g/mol. The lowest BCUT2D eigenvalue weighted by molar-refractivity contribution is -0.147. The number of halogens is 3. The second-order valence-electron chi connectivity index (χ2n) is 4.80. The molecule has 2 rings (SSSR count). The summed E-state index contributed by atoms with van der Waals surface area (Å²) in [6, 6.07) is 0. The van der Waals surface area contributed by atoms with Crippen molar-refractivity contribution in [2.45, 2.75) is 38.9 Å². The van der Waals surface area contributed by atoms with E-state index in [1.807, 2.05) is 13.8 Å². The average Bonchev–Trinajstić information content (AvgIpc) is 2.57. The van der Waals surface area contributed by atoms with Gasteiger partial charge in [-0.05, 0) is 5.92 Å². The predicted octanol–water partition coefficient (Wildman–Crippen LogP) is 2.45. The van der Waals surface area contributed by atoms with Crippen LogP contribution in [0.1, 0.15) is 36.7 Å². The topological polar surface area (TPSA) is 31.9 Å². The van der Waals surface area contributed by atoms with Crippen molar-refractivity contribution in [2.75, 3.05) is 13.1 Å². The molecule has 0 atom stereocenters. The molecule has 0 aromatic carbocycles. The average molecular weight is 247 g/mol. The fraction of sp³-hybridized carbons (Fsp3) is 0.727. The second-order valence-corrected chi connectivity index (χ2v) is 4.80. The Bertz CT molecular complexity index is 395. The van der Waals surface area contributed by atoms with Gasteiger partial charge < -0.3 is 0 Å². The SMILES string of the molecule is CC(C)c1n[nH]c2c1CN(CC(F)(F)F)CC2. The molecule has 0 bridgehead atoms. The zero-order valence-corrected chi connectivity index (χ0v) is 9.93.